The Kier molecular flexibility index (Phi) is 4.67. The van der Waals surface area contributed by atoms with Crippen molar-refractivity contribution in [2.24, 2.45) is 5.92 Å². The number of halogens is 2. The summed E-state index contributed by atoms with van der Waals surface area (Å²) >= 11 is 0. The second-order valence-corrected chi connectivity index (χ2v) is 7.08. The lowest BCUT2D eigenvalue weighted by Gasteiger charge is -2.32. The molecule has 2 aliphatic heterocycles. The summed E-state index contributed by atoms with van der Waals surface area (Å²) in [4.78, 5) is 17.7. The Bertz CT molecular complexity index is 829. The molecular formula is C18H22F2N6O. The van der Waals surface area contributed by atoms with Crippen molar-refractivity contribution < 1.29 is 13.5 Å². The largest absolute Gasteiger partial charge is 0.431 e. The first kappa shape index (κ1) is 17.7. The molecule has 2 aromatic heterocycles. The molecule has 0 aromatic carbocycles. The Hall–Kier alpha value is -2.71. The van der Waals surface area contributed by atoms with Gasteiger partial charge < -0.3 is 20.3 Å². The van der Waals surface area contributed by atoms with Gasteiger partial charge in [0.1, 0.15) is 5.82 Å². The van der Waals surface area contributed by atoms with Crippen molar-refractivity contribution in [3.05, 3.63) is 18.3 Å². The number of nitrogens with zero attached hydrogens (tertiary/aromatic N) is 5. The summed E-state index contributed by atoms with van der Waals surface area (Å²) in [6.07, 6.45) is 3.75. The highest BCUT2D eigenvalue weighted by Gasteiger charge is 2.24. The van der Waals surface area contributed by atoms with Gasteiger partial charge in [-0.05, 0) is 24.8 Å². The van der Waals surface area contributed by atoms with E-state index < -0.39 is 6.61 Å². The minimum atomic E-state index is -2.96. The standard InChI is InChI=1S/C18H22F2N6O/c1-11-3-6-26(10-11)15-8-13(23-18(24-15)25-4-2-5-25)12-7-14(27-17(19)20)16(21)22-9-12/h7-9,11,17H,2-6,10H2,1H3,(H2,21,22). The molecule has 1 unspecified atom stereocenters. The van der Waals surface area contributed by atoms with Gasteiger partial charge in [-0.1, -0.05) is 6.92 Å². The van der Waals surface area contributed by atoms with Crippen LogP contribution in [0, 0.1) is 5.92 Å². The summed E-state index contributed by atoms with van der Waals surface area (Å²) in [6, 6.07) is 3.33. The van der Waals surface area contributed by atoms with Crippen molar-refractivity contribution in [2.75, 3.05) is 41.7 Å². The first-order chi connectivity index (χ1) is 13.0. The SMILES string of the molecule is CC1CCN(c2cc(-c3cnc(N)c(OC(F)F)c3)nc(N3CCC3)n2)C1. The molecule has 0 saturated carbocycles. The van der Waals surface area contributed by atoms with E-state index in [-0.39, 0.29) is 11.6 Å². The van der Waals surface area contributed by atoms with Crippen LogP contribution < -0.4 is 20.3 Å². The van der Waals surface area contributed by atoms with E-state index in [1.54, 1.807) is 0 Å². The van der Waals surface area contributed by atoms with Crippen LogP contribution in [-0.4, -0.2) is 47.7 Å². The third kappa shape index (κ3) is 3.72. The summed E-state index contributed by atoms with van der Waals surface area (Å²) in [6.45, 7) is 2.97. The minimum absolute atomic E-state index is 0.0790. The zero-order valence-electron chi connectivity index (χ0n) is 15.1. The van der Waals surface area contributed by atoms with E-state index in [1.807, 2.05) is 6.07 Å². The summed E-state index contributed by atoms with van der Waals surface area (Å²) in [5, 5.41) is 0. The lowest BCUT2D eigenvalue weighted by molar-refractivity contribution is -0.0494. The van der Waals surface area contributed by atoms with E-state index >= 15 is 0 Å². The fraction of sp³-hybridized carbons (Fsp3) is 0.500. The van der Waals surface area contributed by atoms with Crippen LogP contribution in [0.4, 0.5) is 26.4 Å². The maximum atomic E-state index is 12.6. The molecule has 2 N–H and O–H groups in total. The number of nitrogens with two attached hydrogens (primary N) is 1. The Morgan fingerprint density at radius 1 is 1.19 bits per heavy atom. The van der Waals surface area contributed by atoms with E-state index in [9.17, 15) is 8.78 Å². The van der Waals surface area contributed by atoms with Gasteiger partial charge in [0.2, 0.25) is 5.95 Å². The molecule has 0 spiro atoms. The van der Waals surface area contributed by atoms with Crippen LogP contribution in [0.5, 0.6) is 5.75 Å². The lowest BCUT2D eigenvalue weighted by Crippen LogP contribution is -2.38. The van der Waals surface area contributed by atoms with E-state index in [4.69, 9.17) is 10.7 Å². The minimum Gasteiger partial charge on any atom is -0.431 e. The van der Waals surface area contributed by atoms with Crippen molar-refractivity contribution in [1.82, 2.24) is 15.0 Å². The van der Waals surface area contributed by atoms with Gasteiger partial charge in [-0.25, -0.2) is 9.97 Å². The normalized spacial score (nSPS) is 19.5. The van der Waals surface area contributed by atoms with E-state index in [2.05, 4.69) is 31.4 Å². The van der Waals surface area contributed by atoms with E-state index in [0.717, 1.165) is 44.8 Å². The van der Waals surface area contributed by atoms with Crippen LogP contribution >= 0.6 is 0 Å². The Balaban J connectivity index is 1.73. The number of ether oxygens (including phenoxy) is 1. The van der Waals surface area contributed by atoms with Crippen LogP contribution in [0.1, 0.15) is 19.8 Å². The zero-order valence-corrected chi connectivity index (χ0v) is 15.1. The van der Waals surface area contributed by atoms with Gasteiger partial charge in [0.25, 0.3) is 0 Å². The van der Waals surface area contributed by atoms with Gasteiger partial charge in [-0.3, -0.25) is 0 Å². The molecule has 0 radical (unpaired) electrons. The topological polar surface area (TPSA) is 80.4 Å². The number of aromatic nitrogens is 3. The fourth-order valence-electron chi connectivity index (χ4n) is 3.32. The number of hydrogen-bond acceptors (Lipinski definition) is 7. The van der Waals surface area contributed by atoms with Gasteiger partial charge in [-0.2, -0.15) is 13.8 Å². The Morgan fingerprint density at radius 3 is 2.63 bits per heavy atom. The van der Waals surface area contributed by atoms with E-state index in [0.29, 0.717) is 23.1 Å². The second-order valence-electron chi connectivity index (χ2n) is 7.08. The second kappa shape index (κ2) is 7.13. The Labute approximate surface area is 156 Å². The third-order valence-electron chi connectivity index (χ3n) is 4.98. The highest BCUT2D eigenvalue weighted by molar-refractivity contribution is 5.68. The van der Waals surface area contributed by atoms with Crippen LogP contribution in [0.25, 0.3) is 11.3 Å². The van der Waals surface area contributed by atoms with Crippen LogP contribution in [-0.2, 0) is 0 Å². The maximum Gasteiger partial charge on any atom is 0.387 e. The molecule has 7 nitrogen and oxygen atoms in total. The molecule has 0 amide bonds. The molecule has 9 heteroatoms. The zero-order chi connectivity index (χ0) is 19.0. The molecule has 0 aliphatic carbocycles. The third-order valence-corrected chi connectivity index (χ3v) is 4.98. The van der Waals surface area contributed by atoms with E-state index in [1.165, 1.54) is 12.3 Å². The number of rotatable bonds is 5. The maximum absolute atomic E-state index is 12.6. The number of hydrogen-bond donors (Lipinski definition) is 1. The fourth-order valence-corrected chi connectivity index (χ4v) is 3.32. The lowest BCUT2D eigenvalue weighted by atomic mass is 10.1. The van der Waals surface area contributed by atoms with Crippen molar-refractivity contribution in [1.29, 1.82) is 0 Å². The molecule has 2 aliphatic rings. The predicted octanol–water partition coefficient (Wildman–Crippen LogP) is 2.78. The van der Waals surface area contributed by atoms with Crippen molar-refractivity contribution >= 4 is 17.6 Å². The predicted molar refractivity (Wildman–Crippen MR) is 99.1 cm³/mol. The number of pyridine rings is 1. The molecule has 4 heterocycles. The first-order valence-electron chi connectivity index (χ1n) is 9.09. The Morgan fingerprint density at radius 2 is 2.00 bits per heavy atom. The highest BCUT2D eigenvalue weighted by Crippen LogP contribution is 2.32. The molecular weight excluding hydrogens is 354 g/mol. The molecule has 27 heavy (non-hydrogen) atoms. The van der Waals surface area contributed by atoms with Crippen LogP contribution in [0.2, 0.25) is 0 Å². The molecule has 0 bridgehead atoms. The summed E-state index contributed by atoms with van der Waals surface area (Å²) in [7, 11) is 0. The first-order valence-corrected chi connectivity index (χ1v) is 9.09. The summed E-state index contributed by atoms with van der Waals surface area (Å²) in [5.74, 6) is 1.88. The molecule has 2 fully saturated rings. The molecule has 1 atom stereocenters. The smallest absolute Gasteiger partial charge is 0.387 e. The van der Waals surface area contributed by atoms with Gasteiger partial charge >= 0.3 is 6.61 Å². The number of anilines is 3. The van der Waals surface area contributed by atoms with Gasteiger partial charge in [-0.15, -0.1) is 0 Å². The number of alkyl halides is 2. The molecule has 2 saturated heterocycles. The van der Waals surface area contributed by atoms with Crippen molar-refractivity contribution in [3.8, 4) is 17.0 Å². The average Bonchev–Trinajstić information content (AvgIpc) is 3.01. The summed E-state index contributed by atoms with van der Waals surface area (Å²) in [5.41, 5.74) is 6.84. The van der Waals surface area contributed by atoms with Gasteiger partial charge in [0.15, 0.2) is 11.6 Å². The van der Waals surface area contributed by atoms with Crippen molar-refractivity contribution in [3.63, 3.8) is 0 Å². The van der Waals surface area contributed by atoms with Crippen LogP contribution in [0.15, 0.2) is 18.3 Å². The van der Waals surface area contributed by atoms with Gasteiger partial charge in [0, 0.05) is 44.0 Å². The summed E-state index contributed by atoms with van der Waals surface area (Å²) < 4.78 is 29.7. The number of nitrogen functional groups attached to an aromatic ring is 1. The average molecular weight is 376 g/mol. The monoisotopic (exact) mass is 376 g/mol. The van der Waals surface area contributed by atoms with Crippen LogP contribution in [0.3, 0.4) is 0 Å². The molecule has 144 valence electrons. The van der Waals surface area contributed by atoms with Crippen molar-refractivity contribution in [2.45, 2.75) is 26.4 Å². The molecule has 4 rings (SSSR count). The molecule has 2 aromatic rings. The van der Waals surface area contributed by atoms with Gasteiger partial charge in [0.05, 0.1) is 5.69 Å². The highest BCUT2D eigenvalue weighted by atomic mass is 19.3. The quantitative estimate of drug-likeness (QED) is 0.859.